The quantitative estimate of drug-likeness (QED) is 0.410. The Morgan fingerprint density at radius 3 is 2.56 bits per heavy atom. The van der Waals surface area contributed by atoms with Crippen LogP contribution in [-0.2, 0) is 23.8 Å². The van der Waals surface area contributed by atoms with E-state index < -0.39 is 17.7 Å². The minimum Gasteiger partial charge on any atom is -0.491 e. The van der Waals surface area contributed by atoms with Crippen LogP contribution >= 0.6 is 0 Å². The number of benzene rings is 1. The molecule has 0 spiro atoms. The van der Waals surface area contributed by atoms with Crippen molar-refractivity contribution >= 4 is 12.0 Å². The average Bonchev–Trinajstić information content (AvgIpc) is 3.29. The lowest BCUT2D eigenvalue weighted by atomic mass is 10.1. The Morgan fingerprint density at radius 2 is 1.94 bits per heavy atom. The smallest absolute Gasteiger partial charge is 0.408 e. The minimum absolute atomic E-state index is 0.153. The van der Waals surface area contributed by atoms with Gasteiger partial charge in [0.15, 0.2) is 6.29 Å². The van der Waals surface area contributed by atoms with Gasteiger partial charge in [0, 0.05) is 19.7 Å². The van der Waals surface area contributed by atoms with Crippen LogP contribution in [0.3, 0.4) is 0 Å². The Balaban J connectivity index is 1.60. The molecular weight excluding hydrogens is 442 g/mol. The van der Waals surface area contributed by atoms with Crippen LogP contribution < -0.4 is 16.0 Å². The first kappa shape index (κ1) is 26.2. The summed E-state index contributed by atoms with van der Waals surface area (Å²) in [7, 11) is 0. The fourth-order valence-corrected chi connectivity index (χ4v) is 3.87. The van der Waals surface area contributed by atoms with Crippen molar-refractivity contribution in [3.63, 3.8) is 0 Å². The van der Waals surface area contributed by atoms with Gasteiger partial charge in [-0.1, -0.05) is 12.1 Å². The normalized spacial score (nSPS) is 21.7. The van der Waals surface area contributed by atoms with Gasteiger partial charge in [-0.15, -0.1) is 0 Å². The number of likely N-dealkylation sites (tertiary alicyclic amines) is 1. The van der Waals surface area contributed by atoms with Gasteiger partial charge in [-0.05, 0) is 64.2 Å². The van der Waals surface area contributed by atoms with Crippen LogP contribution in [0.2, 0.25) is 0 Å². The van der Waals surface area contributed by atoms with Gasteiger partial charge in [-0.3, -0.25) is 9.63 Å². The van der Waals surface area contributed by atoms with Crippen LogP contribution in [-0.4, -0.2) is 67.8 Å². The van der Waals surface area contributed by atoms with Crippen LogP contribution in [0.25, 0.3) is 0 Å². The van der Waals surface area contributed by atoms with Gasteiger partial charge in [0.2, 0.25) is 5.91 Å². The van der Waals surface area contributed by atoms with E-state index in [9.17, 15) is 9.59 Å². The fraction of sp³-hybridized carbons (Fsp3) is 0.667. The molecule has 2 aliphatic heterocycles. The second-order valence-electron chi connectivity index (χ2n) is 9.49. The lowest BCUT2D eigenvalue weighted by molar-refractivity contribution is -0.165. The molecule has 34 heavy (non-hydrogen) atoms. The molecule has 1 aromatic rings. The average molecular weight is 480 g/mol. The first-order valence-electron chi connectivity index (χ1n) is 11.8. The SMILES string of the molecule is CC(C)(C)OC(=O)NC(C(=O)N1CC[C@H](ON)C1)c1ccc(OCCOC2CCCCO2)cc1. The second kappa shape index (κ2) is 12.3. The molecule has 2 saturated heterocycles. The maximum Gasteiger partial charge on any atom is 0.408 e. The molecular formula is C24H37N3O7. The molecule has 1 aromatic carbocycles. The van der Waals surface area contributed by atoms with Gasteiger partial charge in [0.25, 0.3) is 0 Å². The summed E-state index contributed by atoms with van der Waals surface area (Å²) in [4.78, 5) is 32.2. The van der Waals surface area contributed by atoms with E-state index in [-0.39, 0.29) is 18.3 Å². The molecule has 190 valence electrons. The van der Waals surface area contributed by atoms with Gasteiger partial charge in [-0.25, -0.2) is 10.7 Å². The number of nitrogens with one attached hydrogen (secondary N) is 1. The Kier molecular flexibility index (Phi) is 9.52. The molecule has 3 rings (SSSR count). The lowest BCUT2D eigenvalue weighted by Gasteiger charge is -2.26. The van der Waals surface area contributed by atoms with Crippen LogP contribution in [0.1, 0.15) is 58.1 Å². The highest BCUT2D eigenvalue weighted by Crippen LogP contribution is 2.23. The van der Waals surface area contributed by atoms with Crippen LogP contribution in [0.5, 0.6) is 5.75 Å². The maximum atomic E-state index is 13.3. The number of carbonyl (C=O) groups excluding carboxylic acids is 2. The van der Waals surface area contributed by atoms with Crippen molar-refractivity contribution in [2.24, 2.45) is 5.90 Å². The van der Waals surface area contributed by atoms with Crippen molar-refractivity contribution in [2.45, 2.75) is 70.5 Å². The third-order valence-electron chi connectivity index (χ3n) is 5.56. The van der Waals surface area contributed by atoms with Crippen molar-refractivity contribution in [1.29, 1.82) is 0 Å². The van der Waals surface area contributed by atoms with Crippen molar-refractivity contribution in [3.8, 4) is 5.75 Å². The highest BCUT2D eigenvalue weighted by molar-refractivity contribution is 5.87. The number of rotatable bonds is 9. The number of amides is 2. The van der Waals surface area contributed by atoms with Gasteiger partial charge in [-0.2, -0.15) is 0 Å². The molecule has 2 fully saturated rings. The molecule has 3 atom stereocenters. The van der Waals surface area contributed by atoms with E-state index in [1.54, 1.807) is 49.9 Å². The molecule has 10 heteroatoms. The number of ether oxygens (including phenoxy) is 4. The zero-order chi connectivity index (χ0) is 24.6. The van der Waals surface area contributed by atoms with Crippen molar-refractivity contribution in [1.82, 2.24) is 10.2 Å². The molecule has 0 aromatic heterocycles. The van der Waals surface area contributed by atoms with E-state index in [2.05, 4.69) is 5.32 Å². The van der Waals surface area contributed by atoms with Crippen molar-refractivity contribution in [3.05, 3.63) is 29.8 Å². The number of alkyl carbamates (subject to hydrolysis) is 1. The molecule has 2 heterocycles. The summed E-state index contributed by atoms with van der Waals surface area (Å²) >= 11 is 0. The monoisotopic (exact) mass is 479 g/mol. The molecule has 2 aliphatic rings. The topological polar surface area (TPSA) is 122 Å². The van der Waals surface area contributed by atoms with E-state index in [1.165, 1.54) is 0 Å². The van der Waals surface area contributed by atoms with Crippen molar-refractivity contribution in [2.75, 3.05) is 32.9 Å². The highest BCUT2D eigenvalue weighted by atomic mass is 16.7. The predicted octanol–water partition coefficient (Wildman–Crippen LogP) is 2.67. The van der Waals surface area contributed by atoms with Crippen LogP contribution in [0.4, 0.5) is 4.79 Å². The largest absolute Gasteiger partial charge is 0.491 e. The van der Waals surface area contributed by atoms with Gasteiger partial charge in [0.1, 0.15) is 24.0 Å². The maximum absolute atomic E-state index is 13.3. The zero-order valence-electron chi connectivity index (χ0n) is 20.3. The highest BCUT2D eigenvalue weighted by Gasteiger charge is 2.34. The molecule has 2 unspecified atom stereocenters. The van der Waals surface area contributed by atoms with Gasteiger partial charge < -0.3 is 29.2 Å². The predicted molar refractivity (Wildman–Crippen MR) is 124 cm³/mol. The standard InChI is InChI=1S/C24H37N3O7/c1-24(2,3)33-23(29)26-21(22(28)27-12-11-19(16-27)34-25)17-7-9-18(10-8-17)30-14-15-32-20-6-4-5-13-31-20/h7-10,19-21H,4-6,11-16,25H2,1-3H3,(H,26,29)/t19-,20?,21?/m0/s1. The number of hydrogen-bond acceptors (Lipinski definition) is 8. The van der Waals surface area contributed by atoms with E-state index in [1.807, 2.05) is 0 Å². The Labute approximate surface area is 200 Å². The first-order chi connectivity index (χ1) is 16.2. The molecule has 0 saturated carbocycles. The summed E-state index contributed by atoms with van der Waals surface area (Å²) in [5.41, 5.74) is -0.0705. The molecule has 0 bridgehead atoms. The number of carbonyl (C=O) groups is 2. The van der Waals surface area contributed by atoms with E-state index in [0.29, 0.717) is 44.0 Å². The lowest BCUT2D eigenvalue weighted by Crippen LogP contribution is -2.44. The van der Waals surface area contributed by atoms with Crippen LogP contribution in [0.15, 0.2) is 24.3 Å². The second-order valence-corrected chi connectivity index (χ2v) is 9.49. The summed E-state index contributed by atoms with van der Waals surface area (Å²) in [5, 5.41) is 2.71. The van der Waals surface area contributed by atoms with Gasteiger partial charge in [0.05, 0.1) is 12.7 Å². The molecule has 0 radical (unpaired) electrons. The molecule has 10 nitrogen and oxygen atoms in total. The number of nitrogens with two attached hydrogens (primary N) is 1. The summed E-state index contributed by atoms with van der Waals surface area (Å²) in [6, 6.07) is 6.13. The summed E-state index contributed by atoms with van der Waals surface area (Å²) < 4.78 is 22.3. The van der Waals surface area contributed by atoms with Gasteiger partial charge >= 0.3 is 6.09 Å². The summed E-state index contributed by atoms with van der Waals surface area (Å²) in [6.07, 6.45) is 2.70. The third kappa shape index (κ3) is 8.12. The Bertz CT molecular complexity index is 791. The fourth-order valence-electron chi connectivity index (χ4n) is 3.87. The third-order valence-corrected chi connectivity index (χ3v) is 5.56. The molecule has 2 amide bonds. The van der Waals surface area contributed by atoms with Crippen molar-refractivity contribution < 1.29 is 33.4 Å². The van der Waals surface area contributed by atoms with E-state index in [4.69, 9.17) is 29.7 Å². The number of nitrogens with zero attached hydrogens (tertiary/aromatic N) is 1. The molecule has 3 N–H and O–H groups in total. The molecule has 0 aliphatic carbocycles. The Morgan fingerprint density at radius 1 is 1.18 bits per heavy atom. The van der Waals surface area contributed by atoms with E-state index in [0.717, 1.165) is 25.9 Å². The summed E-state index contributed by atoms with van der Waals surface area (Å²) in [5.74, 6) is 5.67. The zero-order valence-corrected chi connectivity index (χ0v) is 20.3. The minimum atomic E-state index is -0.910. The first-order valence-corrected chi connectivity index (χ1v) is 11.8. The van der Waals surface area contributed by atoms with E-state index >= 15 is 0 Å². The van der Waals surface area contributed by atoms with Crippen LogP contribution in [0, 0.1) is 0 Å². The Hall–Kier alpha value is -2.40. The number of hydrogen-bond donors (Lipinski definition) is 2. The summed E-state index contributed by atoms with van der Waals surface area (Å²) in [6.45, 7) is 7.71.